The summed E-state index contributed by atoms with van der Waals surface area (Å²) < 4.78 is 3.87. The van der Waals surface area contributed by atoms with Gasteiger partial charge in [0.1, 0.15) is 11.6 Å². The van der Waals surface area contributed by atoms with E-state index in [9.17, 15) is 0 Å². The number of hydrogen-bond acceptors (Lipinski definition) is 3. The van der Waals surface area contributed by atoms with Gasteiger partial charge in [-0.15, -0.1) is 0 Å². The Morgan fingerprint density at radius 3 is 2.50 bits per heavy atom. The van der Waals surface area contributed by atoms with E-state index < -0.39 is 0 Å². The van der Waals surface area contributed by atoms with Crippen molar-refractivity contribution in [3.63, 3.8) is 0 Å². The van der Waals surface area contributed by atoms with E-state index in [1.807, 2.05) is 52.7 Å². The number of imidazole rings is 1. The van der Waals surface area contributed by atoms with Crippen molar-refractivity contribution in [3.8, 4) is 16.9 Å². The Labute approximate surface area is 157 Å². The Morgan fingerprint density at radius 1 is 1.08 bits per heavy atom. The topological polar surface area (TPSA) is 48.0 Å². The lowest BCUT2D eigenvalue weighted by molar-refractivity contribution is 0.566. The summed E-state index contributed by atoms with van der Waals surface area (Å²) in [6.07, 6.45) is 5.55. The molecule has 0 spiro atoms. The molecule has 0 amide bonds. The van der Waals surface area contributed by atoms with Gasteiger partial charge >= 0.3 is 0 Å². The third-order valence-electron chi connectivity index (χ3n) is 4.46. The molecule has 0 aliphatic carbocycles. The molecule has 26 heavy (non-hydrogen) atoms. The third-order valence-corrected chi connectivity index (χ3v) is 4.79. The zero-order valence-corrected chi connectivity index (χ0v) is 16.0. The molecule has 132 valence electrons. The Morgan fingerprint density at radius 2 is 1.85 bits per heavy atom. The summed E-state index contributed by atoms with van der Waals surface area (Å²) in [5.41, 5.74) is 3.51. The minimum absolute atomic E-state index is 0.104. The van der Waals surface area contributed by atoms with E-state index in [2.05, 4.69) is 36.9 Å². The lowest BCUT2D eigenvalue weighted by Gasteiger charge is -2.20. The first kappa shape index (κ1) is 16.8. The highest BCUT2D eigenvalue weighted by atomic mass is 35.5. The molecule has 3 heterocycles. The van der Waals surface area contributed by atoms with Gasteiger partial charge in [0.2, 0.25) is 0 Å². The van der Waals surface area contributed by atoms with E-state index in [1.54, 1.807) is 6.20 Å². The van der Waals surface area contributed by atoms with Crippen LogP contribution in [-0.2, 0) is 5.41 Å². The van der Waals surface area contributed by atoms with E-state index in [-0.39, 0.29) is 5.41 Å². The highest BCUT2D eigenvalue weighted by Gasteiger charge is 2.22. The van der Waals surface area contributed by atoms with Crippen LogP contribution in [0.15, 0.2) is 48.9 Å². The first-order valence-electron chi connectivity index (χ1n) is 8.51. The quantitative estimate of drug-likeness (QED) is 0.510. The zero-order valence-electron chi connectivity index (χ0n) is 15.2. The van der Waals surface area contributed by atoms with Gasteiger partial charge in [0.05, 0.1) is 11.9 Å². The smallest absolute Gasteiger partial charge is 0.165 e. The molecule has 0 saturated heterocycles. The van der Waals surface area contributed by atoms with Gasteiger partial charge in [-0.25, -0.2) is 9.97 Å². The maximum Gasteiger partial charge on any atom is 0.165 e. The summed E-state index contributed by atoms with van der Waals surface area (Å²) in [6.45, 7) is 8.44. The van der Waals surface area contributed by atoms with Crippen LogP contribution in [0, 0.1) is 6.92 Å². The van der Waals surface area contributed by atoms with Gasteiger partial charge in [-0.3, -0.25) is 4.57 Å². The van der Waals surface area contributed by atoms with Crippen molar-refractivity contribution in [2.24, 2.45) is 0 Å². The number of aryl methyl sites for hydroxylation is 1. The third kappa shape index (κ3) is 2.69. The van der Waals surface area contributed by atoms with Crippen LogP contribution in [0.4, 0.5) is 0 Å². The van der Waals surface area contributed by atoms with Crippen molar-refractivity contribution >= 4 is 17.2 Å². The van der Waals surface area contributed by atoms with E-state index in [0.717, 1.165) is 34.1 Å². The molecule has 5 nitrogen and oxygen atoms in total. The van der Waals surface area contributed by atoms with Crippen LogP contribution < -0.4 is 0 Å². The summed E-state index contributed by atoms with van der Waals surface area (Å²) in [5.74, 6) is 1.81. The number of nitrogens with zero attached hydrogens (tertiary/aromatic N) is 5. The predicted octanol–water partition coefficient (Wildman–Crippen LogP) is 4.84. The standard InChI is InChI=1S/C20H20ClN5/c1-13-22-9-10-25(13)18-11-17(20(2,3)4)24-19-15(12-23-26(18)19)14-7-5-6-8-16(14)21/h5-12H,1-4H3. The molecule has 4 rings (SSSR count). The highest BCUT2D eigenvalue weighted by molar-refractivity contribution is 6.33. The molecule has 1 aromatic carbocycles. The first-order valence-corrected chi connectivity index (χ1v) is 8.88. The lowest BCUT2D eigenvalue weighted by atomic mass is 9.92. The van der Waals surface area contributed by atoms with Crippen LogP contribution in [0.5, 0.6) is 0 Å². The van der Waals surface area contributed by atoms with Gasteiger partial charge in [0.25, 0.3) is 0 Å². The van der Waals surface area contributed by atoms with Crippen LogP contribution in [0.3, 0.4) is 0 Å². The summed E-state index contributed by atoms with van der Waals surface area (Å²) in [5, 5.41) is 5.29. The van der Waals surface area contributed by atoms with E-state index in [1.165, 1.54) is 0 Å². The zero-order chi connectivity index (χ0) is 18.5. The average Bonchev–Trinajstić information content (AvgIpc) is 3.20. The Balaban J connectivity index is 2.07. The maximum absolute atomic E-state index is 6.43. The van der Waals surface area contributed by atoms with E-state index >= 15 is 0 Å². The van der Waals surface area contributed by atoms with E-state index in [0.29, 0.717) is 5.02 Å². The fourth-order valence-electron chi connectivity index (χ4n) is 2.99. The van der Waals surface area contributed by atoms with Crippen molar-refractivity contribution in [1.29, 1.82) is 0 Å². The number of hydrogen-bond donors (Lipinski definition) is 0. The molecule has 3 aromatic heterocycles. The van der Waals surface area contributed by atoms with E-state index in [4.69, 9.17) is 16.6 Å². The number of benzene rings is 1. The van der Waals surface area contributed by atoms with Gasteiger partial charge in [-0.2, -0.15) is 9.61 Å². The molecule has 0 radical (unpaired) electrons. The van der Waals surface area contributed by atoms with Gasteiger partial charge in [-0.05, 0) is 13.0 Å². The van der Waals surface area contributed by atoms with Crippen LogP contribution >= 0.6 is 11.6 Å². The fourth-order valence-corrected chi connectivity index (χ4v) is 3.23. The van der Waals surface area contributed by atoms with Gasteiger partial charge < -0.3 is 0 Å². The largest absolute Gasteiger partial charge is 0.288 e. The summed E-state index contributed by atoms with van der Waals surface area (Å²) in [7, 11) is 0. The second-order valence-electron chi connectivity index (χ2n) is 7.37. The normalized spacial score (nSPS) is 12.0. The summed E-state index contributed by atoms with van der Waals surface area (Å²) in [4.78, 5) is 9.28. The Bertz CT molecular complexity index is 1100. The first-order chi connectivity index (χ1) is 12.4. The predicted molar refractivity (Wildman–Crippen MR) is 104 cm³/mol. The summed E-state index contributed by atoms with van der Waals surface area (Å²) in [6, 6.07) is 9.85. The highest BCUT2D eigenvalue weighted by Crippen LogP contribution is 2.32. The molecule has 0 aliphatic rings. The molecule has 0 bridgehead atoms. The number of aromatic nitrogens is 5. The van der Waals surface area contributed by atoms with Crippen LogP contribution in [0.25, 0.3) is 22.6 Å². The molecule has 0 fully saturated rings. The lowest BCUT2D eigenvalue weighted by Crippen LogP contribution is -2.17. The molecule has 6 heteroatoms. The molecule has 0 aliphatic heterocycles. The maximum atomic E-state index is 6.43. The SMILES string of the molecule is Cc1nccn1-c1cc(C(C)(C)C)nc2c(-c3ccccc3Cl)cnn12. The molecule has 4 aromatic rings. The van der Waals surface area contributed by atoms with Gasteiger partial charge in [-0.1, -0.05) is 50.6 Å². The Kier molecular flexibility index (Phi) is 3.84. The van der Waals surface area contributed by atoms with Gasteiger partial charge in [0, 0.05) is 40.0 Å². The van der Waals surface area contributed by atoms with Crippen LogP contribution in [-0.4, -0.2) is 24.1 Å². The molecular weight excluding hydrogens is 346 g/mol. The van der Waals surface area contributed by atoms with Crippen molar-refractivity contribution in [2.45, 2.75) is 33.1 Å². The monoisotopic (exact) mass is 365 g/mol. The second kappa shape index (κ2) is 5.95. The van der Waals surface area contributed by atoms with Gasteiger partial charge in [0.15, 0.2) is 5.65 Å². The van der Waals surface area contributed by atoms with Crippen LogP contribution in [0.2, 0.25) is 5.02 Å². The number of rotatable bonds is 2. The molecule has 0 N–H and O–H groups in total. The molecular formula is C20H20ClN5. The minimum Gasteiger partial charge on any atom is -0.288 e. The van der Waals surface area contributed by atoms with Crippen molar-refractivity contribution in [2.75, 3.05) is 0 Å². The average molecular weight is 366 g/mol. The van der Waals surface area contributed by atoms with Crippen molar-refractivity contribution < 1.29 is 0 Å². The van der Waals surface area contributed by atoms with Crippen molar-refractivity contribution in [1.82, 2.24) is 24.1 Å². The van der Waals surface area contributed by atoms with Crippen molar-refractivity contribution in [3.05, 3.63) is 65.5 Å². The number of fused-ring (bicyclic) bond motifs is 1. The minimum atomic E-state index is -0.104. The molecule has 0 unspecified atom stereocenters. The molecule has 0 atom stereocenters. The second-order valence-corrected chi connectivity index (χ2v) is 7.77. The molecule has 0 saturated carbocycles. The number of halogens is 1. The fraction of sp³-hybridized carbons (Fsp3) is 0.250. The summed E-state index contributed by atoms with van der Waals surface area (Å²) >= 11 is 6.43. The Hall–Kier alpha value is -2.66. The van der Waals surface area contributed by atoms with Crippen LogP contribution in [0.1, 0.15) is 32.3 Å².